The smallest absolute Gasteiger partial charge is 0.225 e. The fraction of sp³-hybridized carbons (Fsp3) is 0.412. The summed E-state index contributed by atoms with van der Waals surface area (Å²) < 4.78 is 10.5. The predicted molar refractivity (Wildman–Crippen MR) is 90.5 cm³/mol. The van der Waals surface area contributed by atoms with E-state index in [2.05, 4.69) is 20.8 Å². The third-order valence-electron chi connectivity index (χ3n) is 4.15. The van der Waals surface area contributed by atoms with Gasteiger partial charge in [0.1, 0.15) is 0 Å². The van der Waals surface area contributed by atoms with Crippen LogP contribution in [0.1, 0.15) is 23.2 Å². The summed E-state index contributed by atoms with van der Waals surface area (Å²) in [4.78, 5) is 12.2. The van der Waals surface area contributed by atoms with Crippen LogP contribution in [-0.2, 0) is 24.2 Å². The Bertz CT molecular complexity index is 727. The molecule has 1 aromatic heterocycles. The van der Waals surface area contributed by atoms with Gasteiger partial charge in [-0.1, -0.05) is 6.07 Å². The van der Waals surface area contributed by atoms with Crippen molar-refractivity contribution >= 4 is 11.7 Å². The highest BCUT2D eigenvalue weighted by Gasteiger charge is 2.18. The van der Waals surface area contributed by atoms with Crippen LogP contribution in [0.4, 0.5) is 5.82 Å². The molecule has 0 fully saturated rings. The Hall–Kier alpha value is -2.54. The van der Waals surface area contributed by atoms with Gasteiger partial charge in [0, 0.05) is 37.2 Å². The van der Waals surface area contributed by atoms with E-state index in [0.29, 0.717) is 30.2 Å². The van der Waals surface area contributed by atoms with Crippen LogP contribution in [0.3, 0.4) is 0 Å². The highest BCUT2D eigenvalue weighted by molar-refractivity contribution is 5.90. The molecule has 24 heavy (non-hydrogen) atoms. The Labute approximate surface area is 140 Å². The molecule has 1 aromatic carbocycles. The maximum atomic E-state index is 12.2. The van der Waals surface area contributed by atoms with Crippen LogP contribution in [0, 0.1) is 0 Å². The van der Waals surface area contributed by atoms with Crippen LogP contribution in [-0.4, -0.2) is 36.9 Å². The molecule has 0 bridgehead atoms. The molecule has 7 heteroatoms. The Morgan fingerprint density at radius 3 is 2.92 bits per heavy atom. The molecule has 0 spiro atoms. The first kappa shape index (κ1) is 16.3. The third-order valence-corrected chi connectivity index (χ3v) is 4.15. The van der Waals surface area contributed by atoms with E-state index in [4.69, 9.17) is 9.47 Å². The van der Waals surface area contributed by atoms with Gasteiger partial charge in [-0.05, 0) is 24.1 Å². The largest absolute Gasteiger partial charge is 0.493 e. The lowest BCUT2D eigenvalue weighted by Crippen LogP contribution is -2.24. The number of anilines is 1. The first-order valence-corrected chi connectivity index (χ1v) is 7.99. The van der Waals surface area contributed by atoms with Crippen LogP contribution in [0.15, 0.2) is 18.2 Å². The van der Waals surface area contributed by atoms with Crippen LogP contribution in [0.25, 0.3) is 0 Å². The van der Waals surface area contributed by atoms with Crippen LogP contribution in [0.5, 0.6) is 11.5 Å². The molecule has 128 valence electrons. The van der Waals surface area contributed by atoms with E-state index in [1.54, 1.807) is 14.2 Å². The van der Waals surface area contributed by atoms with Gasteiger partial charge in [-0.3, -0.25) is 9.89 Å². The second-order valence-electron chi connectivity index (χ2n) is 5.69. The van der Waals surface area contributed by atoms with Crippen LogP contribution >= 0.6 is 0 Å². The van der Waals surface area contributed by atoms with Gasteiger partial charge >= 0.3 is 0 Å². The summed E-state index contributed by atoms with van der Waals surface area (Å²) in [5.74, 6) is 1.93. The van der Waals surface area contributed by atoms with Crippen molar-refractivity contribution in [3.63, 3.8) is 0 Å². The number of aromatic amines is 1. The van der Waals surface area contributed by atoms with Crippen LogP contribution < -0.4 is 20.1 Å². The first-order chi connectivity index (χ1) is 11.7. The van der Waals surface area contributed by atoms with E-state index >= 15 is 0 Å². The van der Waals surface area contributed by atoms with Crippen molar-refractivity contribution in [2.24, 2.45) is 0 Å². The predicted octanol–water partition coefficient (Wildman–Crippen LogP) is 1.64. The van der Waals surface area contributed by atoms with Crippen molar-refractivity contribution < 1.29 is 14.3 Å². The fourth-order valence-corrected chi connectivity index (χ4v) is 2.82. The number of aryl methyl sites for hydroxylation is 1. The molecule has 0 saturated heterocycles. The highest BCUT2D eigenvalue weighted by Crippen LogP contribution is 2.28. The monoisotopic (exact) mass is 330 g/mol. The Kier molecular flexibility index (Phi) is 5.00. The van der Waals surface area contributed by atoms with Gasteiger partial charge < -0.3 is 20.1 Å². The number of H-pyrrole nitrogens is 1. The molecule has 1 aliphatic heterocycles. The number of hydrogen-bond acceptors (Lipinski definition) is 5. The van der Waals surface area contributed by atoms with E-state index in [-0.39, 0.29) is 5.91 Å². The van der Waals surface area contributed by atoms with Crippen molar-refractivity contribution in [2.45, 2.75) is 25.8 Å². The number of methoxy groups -OCH3 is 2. The number of hydrogen-bond donors (Lipinski definition) is 3. The summed E-state index contributed by atoms with van der Waals surface area (Å²) >= 11 is 0. The maximum absolute atomic E-state index is 12.2. The number of carbonyl (C=O) groups excluding carboxylic acids is 1. The molecule has 0 saturated carbocycles. The third kappa shape index (κ3) is 3.51. The number of rotatable bonds is 6. The van der Waals surface area contributed by atoms with Crippen molar-refractivity contribution in [3.8, 4) is 11.5 Å². The van der Waals surface area contributed by atoms with Gasteiger partial charge in [0.2, 0.25) is 5.91 Å². The van der Waals surface area contributed by atoms with Gasteiger partial charge in [0.05, 0.1) is 14.2 Å². The summed E-state index contributed by atoms with van der Waals surface area (Å²) in [5, 5.41) is 13.4. The Morgan fingerprint density at radius 2 is 2.12 bits per heavy atom. The molecule has 3 N–H and O–H groups in total. The lowest BCUT2D eigenvalue weighted by molar-refractivity contribution is -0.116. The standard InChI is InChI=1S/C17H22N4O3/c1-23-14-5-3-11(9-15(14)24-2)4-6-16(22)19-17-12-10-18-8-7-13(12)20-21-17/h3,5,9,18H,4,6-8,10H2,1-2H3,(H2,19,20,21,22). The van der Waals surface area contributed by atoms with Gasteiger partial charge in [0.15, 0.2) is 17.3 Å². The zero-order valence-corrected chi connectivity index (χ0v) is 13.9. The minimum absolute atomic E-state index is 0.0512. The van der Waals surface area contributed by atoms with Gasteiger partial charge in [-0.2, -0.15) is 5.10 Å². The number of nitrogens with one attached hydrogen (secondary N) is 3. The van der Waals surface area contributed by atoms with E-state index in [9.17, 15) is 4.79 Å². The minimum Gasteiger partial charge on any atom is -0.493 e. The Morgan fingerprint density at radius 1 is 1.29 bits per heavy atom. The molecular weight excluding hydrogens is 308 g/mol. The Balaban J connectivity index is 1.59. The number of carbonyl (C=O) groups is 1. The molecule has 1 aliphatic rings. The average Bonchev–Trinajstić information content (AvgIpc) is 3.02. The molecule has 0 radical (unpaired) electrons. The van der Waals surface area contributed by atoms with Crippen molar-refractivity contribution in [3.05, 3.63) is 35.0 Å². The number of amides is 1. The lowest BCUT2D eigenvalue weighted by Gasteiger charge is -2.13. The summed E-state index contributed by atoms with van der Waals surface area (Å²) in [7, 11) is 3.20. The van der Waals surface area contributed by atoms with Crippen LogP contribution in [0.2, 0.25) is 0 Å². The summed E-state index contributed by atoms with van der Waals surface area (Å²) in [6.07, 6.45) is 1.91. The molecule has 3 rings (SSSR count). The molecule has 2 aromatic rings. The van der Waals surface area contributed by atoms with E-state index in [0.717, 1.165) is 36.3 Å². The summed E-state index contributed by atoms with van der Waals surface area (Å²) in [5.41, 5.74) is 3.18. The lowest BCUT2D eigenvalue weighted by atomic mass is 10.1. The molecule has 2 heterocycles. The molecule has 1 amide bonds. The van der Waals surface area contributed by atoms with E-state index in [1.165, 1.54) is 0 Å². The number of benzene rings is 1. The van der Waals surface area contributed by atoms with Crippen molar-refractivity contribution in [2.75, 3.05) is 26.1 Å². The molecule has 7 nitrogen and oxygen atoms in total. The second-order valence-corrected chi connectivity index (χ2v) is 5.69. The first-order valence-electron chi connectivity index (χ1n) is 7.99. The number of aromatic nitrogens is 2. The number of nitrogens with zero attached hydrogens (tertiary/aromatic N) is 1. The molecule has 0 unspecified atom stereocenters. The molecule has 0 atom stereocenters. The summed E-state index contributed by atoms with van der Waals surface area (Å²) in [6.45, 7) is 1.67. The quantitative estimate of drug-likeness (QED) is 0.749. The van der Waals surface area contributed by atoms with E-state index in [1.807, 2.05) is 18.2 Å². The zero-order chi connectivity index (χ0) is 16.9. The second kappa shape index (κ2) is 7.35. The zero-order valence-electron chi connectivity index (χ0n) is 13.9. The average molecular weight is 330 g/mol. The van der Waals surface area contributed by atoms with E-state index < -0.39 is 0 Å². The molecule has 0 aliphatic carbocycles. The highest BCUT2D eigenvalue weighted by atomic mass is 16.5. The normalized spacial score (nSPS) is 13.2. The minimum atomic E-state index is -0.0512. The summed E-state index contributed by atoms with van der Waals surface area (Å²) in [6, 6.07) is 5.68. The topological polar surface area (TPSA) is 88.3 Å². The number of fused-ring (bicyclic) bond motifs is 1. The van der Waals surface area contributed by atoms with Crippen molar-refractivity contribution in [1.29, 1.82) is 0 Å². The van der Waals surface area contributed by atoms with Gasteiger partial charge in [0.25, 0.3) is 0 Å². The maximum Gasteiger partial charge on any atom is 0.225 e. The number of ether oxygens (including phenoxy) is 2. The van der Waals surface area contributed by atoms with Gasteiger partial charge in [-0.15, -0.1) is 0 Å². The van der Waals surface area contributed by atoms with Gasteiger partial charge in [-0.25, -0.2) is 0 Å². The SMILES string of the molecule is COc1ccc(CCC(=O)Nc2n[nH]c3c2CNCC3)cc1OC. The fourth-order valence-electron chi connectivity index (χ4n) is 2.82. The van der Waals surface area contributed by atoms with Crippen molar-refractivity contribution in [1.82, 2.24) is 15.5 Å². The molecular formula is C17H22N4O3.